The lowest BCUT2D eigenvalue weighted by Crippen LogP contribution is -2.29. The smallest absolute Gasteiger partial charge is 0.221 e. The van der Waals surface area contributed by atoms with Crippen LogP contribution in [0.3, 0.4) is 0 Å². The maximum atomic E-state index is 13.3. The van der Waals surface area contributed by atoms with Gasteiger partial charge >= 0.3 is 0 Å². The number of halogens is 2. The summed E-state index contributed by atoms with van der Waals surface area (Å²) in [4.78, 5) is 11.3. The highest BCUT2D eigenvalue weighted by Crippen LogP contribution is 2.18. The molecule has 1 fully saturated rings. The number of rotatable bonds is 6. The van der Waals surface area contributed by atoms with Crippen molar-refractivity contribution in [1.29, 1.82) is 0 Å². The minimum atomic E-state index is -0.583. The van der Waals surface area contributed by atoms with Crippen LogP contribution in [-0.2, 0) is 11.3 Å². The lowest BCUT2D eigenvalue weighted by molar-refractivity contribution is -0.121. The highest BCUT2D eigenvalue weighted by atomic mass is 19.1. The molecule has 0 heterocycles. The van der Waals surface area contributed by atoms with Gasteiger partial charge < -0.3 is 10.6 Å². The molecule has 0 spiro atoms. The lowest BCUT2D eigenvalue weighted by atomic mass is 10.2. The summed E-state index contributed by atoms with van der Waals surface area (Å²) in [7, 11) is 0. The van der Waals surface area contributed by atoms with Crippen molar-refractivity contribution in [3.05, 3.63) is 35.4 Å². The Hall–Kier alpha value is -1.49. The van der Waals surface area contributed by atoms with Crippen molar-refractivity contribution in [2.75, 3.05) is 6.54 Å². The third kappa shape index (κ3) is 4.07. The molecule has 1 aliphatic rings. The summed E-state index contributed by atoms with van der Waals surface area (Å²) in [5, 5.41) is 5.83. The zero-order valence-corrected chi connectivity index (χ0v) is 10.0. The molecule has 0 atom stereocenters. The van der Waals surface area contributed by atoms with Crippen molar-refractivity contribution in [3.63, 3.8) is 0 Å². The first kappa shape index (κ1) is 13.0. The molecule has 1 saturated carbocycles. The molecule has 0 saturated heterocycles. The van der Waals surface area contributed by atoms with Crippen molar-refractivity contribution < 1.29 is 13.6 Å². The Bertz CT molecular complexity index is 433. The van der Waals surface area contributed by atoms with E-state index in [-0.39, 0.29) is 5.91 Å². The van der Waals surface area contributed by atoms with E-state index in [0.29, 0.717) is 31.1 Å². The van der Waals surface area contributed by atoms with Crippen LogP contribution < -0.4 is 10.6 Å². The van der Waals surface area contributed by atoms with E-state index in [1.54, 1.807) is 0 Å². The molecule has 0 radical (unpaired) electrons. The number of hydrogen-bond donors (Lipinski definition) is 2. The third-order valence-electron chi connectivity index (χ3n) is 2.80. The first-order chi connectivity index (χ1) is 8.65. The summed E-state index contributed by atoms with van der Waals surface area (Å²) >= 11 is 0. The monoisotopic (exact) mass is 254 g/mol. The maximum absolute atomic E-state index is 13.3. The molecule has 0 bridgehead atoms. The fourth-order valence-corrected chi connectivity index (χ4v) is 1.62. The van der Waals surface area contributed by atoms with Crippen LogP contribution in [0, 0.1) is 11.6 Å². The van der Waals surface area contributed by atoms with Gasteiger partial charge in [-0.05, 0) is 18.9 Å². The molecule has 0 aliphatic heterocycles. The molecule has 2 N–H and O–H groups in total. The minimum absolute atomic E-state index is 0.0181. The molecular weight excluding hydrogens is 238 g/mol. The average molecular weight is 254 g/mol. The Morgan fingerprint density at radius 3 is 2.78 bits per heavy atom. The van der Waals surface area contributed by atoms with Crippen molar-refractivity contribution in [3.8, 4) is 0 Å². The Morgan fingerprint density at radius 1 is 1.33 bits per heavy atom. The van der Waals surface area contributed by atoms with Crippen molar-refractivity contribution >= 4 is 5.91 Å². The molecule has 2 rings (SSSR count). The normalized spacial score (nSPS) is 14.6. The van der Waals surface area contributed by atoms with Crippen molar-refractivity contribution in [2.24, 2.45) is 0 Å². The Kier molecular flexibility index (Phi) is 4.25. The molecule has 98 valence electrons. The molecule has 3 nitrogen and oxygen atoms in total. The zero-order valence-electron chi connectivity index (χ0n) is 10.0. The fourth-order valence-electron chi connectivity index (χ4n) is 1.62. The van der Waals surface area contributed by atoms with E-state index in [1.807, 2.05) is 0 Å². The molecule has 1 aliphatic carbocycles. The highest BCUT2D eigenvalue weighted by Gasteiger charge is 2.22. The van der Waals surface area contributed by atoms with Gasteiger partial charge in [0.05, 0.1) is 0 Å². The number of carbonyl (C=O) groups excluding carboxylic acids is 1. The van der Waals surface area contributed by atoms with Gasteiger partial charge in [-0.15, -0.1) is 0 Å². The SMILES string of the molecule is O=C(CCNCc1ccc(F)cc1F)NC1CC1. The molecule has 1 aromatic rings. The van der Waals surface area contributed by atoms with Gasteiger partial charge in [-0.3, -0.25) is 4.79 Å². The number of hydrogen-bond acceptors (Lipinski definition) is 2. The molecule has 5 heteroatoms. The fraction of sp³-hybridized carbons (Fsp3) is 0.462. The summed E-state index contributed by atoms with van der Waals surface area (Å²) in [6.45, 7) is 0.776. The van der Waals surface area contributed by atoms with Crippen LogP contribution in [0.15, 0.2) is 18.2 Å². The standard InChI is InChI=1S/C13H16F2N2O/c14-10-2-1-9(12(15)7-10)8-16-6-5-13(18)17-11-3-4-11/h1-2,7,11,16H,3-6,8H2,(H,17,18). The second-order valence-corrected chi connectivity index (χ2v) is 4.50. The minimum Gasteiger partial charge on any atom is -0.353 e. The second kappa shape index (κ2) is 5.91. The predicted octanol–water partition coefficient (Wildman–Crippen LogP) is 1.72. The van der Waals surface area contributed by atoms with Crippen LogP contribution in [0.25, 0.3) is 0 Å². The van der Waals surface area contributed by atoms with Gasteiger partial charge in [-0.1, -0.05) is 6.07 Å². The first-order valence-electron chi connectivity index (χ1n) is 6.09. The van der Waals surface area contributed by atoms with Crippen molar-refractivity contribution in [2.45, 2.75) is 31.8 Å². The number of carbonyl (C=O) groups is 1. The van der Waals surface area contributed by atoms with Gasteiger partial charge in [0.15, 0.2) is 0 Å². The summed E-state index contributed by atoms with van der Waals surface area (Å²) in [5.74, 6) is -1.13. The molecule has 0 aromatic heterocycles. The van der Waals surface area contributed by atoms with E-state index in [2.05, 4.69) is 10.6 Å². The van der Waals surface area contributed by atoms with Crippen LogP contribution in [0.2, 0.25) is 0 Å². The van der Waals surface area contributed by atoms with Crippen LogP contribution >= 0.6 is 0 Å². The predicted molar refractivity (Wildman–Crippen MR) is 63.8 cm³/mol. The van der Waals surface area contributed by atoms with Gasteiger partial charge in [0.1, 0.15) is 11.6 Å². The van der Waals surface area contributed by atoms with Gasteiger partial charge in [0.25, 0.3) is 0 Å². The zero-order chi connectivity index (χ0) is 13.0. The molecule has 1 aromatic carbocycles. The van der Waals surface area contributed by atoms with E-state index in [4.69, 9.17) is 0 Å². The largest absolute Gasteiger partial charge is 0.353 e. The van der Waals surface area contributed by atoms with Crippen LogP contribution in [0.5, 0.6) is 0 Å². The van der Waals surface area contributed by atoms with Crippen LogP contribution in [0.4, 0.5) is 8.78 Å². The van der Waals surface area contributed by atoms with E-state index in [9.17, 15) is 13.6 Å². The lowest BCUT2D eigenvalue weighted by Gasteiger charge is -2.06. The highest BCUT2D eigenvalue weighted by molar-refractivity contribution is 5.76. The van der Waals surface area contributed by atoms with E-state index >= 15 is 0 Å². The summed E-state index contributed by atoms with van der Waals surface area (Å²) in [6, 6.07) is 3.85. The van der Waals surface area contributed by atoms with E-state index in [0.717, 1.165) is 18.9 Å². The molecule has 1 amide bonds. The second-order valence-electron chi connectivity index (χ2n) is 4.50. The maximum Gasteiger partial charge on any atom is 0.221 e. The summed E-state index contributed by atoms with van der Waals surface area (Å²) in [6.07, 6.45) is 2.51. The quantitative estimate of drug-likeness (QED) is 0.759. The third-order valence-corrected chi connectivity index (χ3v) is 2.80. The van der Waals surface area contributed by atoms with Crippen molar-refractivity contribution in [1.82, 2.24) is 10.6 Å². The van der Waals surface area contributed by atoms with Crippen LogP contribution in [0.1, 0.15) is 24.8 Å². The molecule has 18 heavy (non-hydrogen) atoms. The Labute approximate surface area is 105 Å². The summed E-state index contributed by atoms with van der Waals surface area (Å²) < 4.78 is 25.9. The average Bonchev–Trinajstić information content (AvgIpc) is 3.10. The van der Waals surface area contributed by atoms with Gasteiger partial charge in [-0.2, -0.15) is 0 Å². The topological polar surface area (TPSA) is 41.1 Å². The van der Waals surface area contributed by atoms with Gasteiger partial charge in [0, 0.05) is 37.2 Å². The number of amides is 1. The van der Waals surface area contributed by atoms with Gasteiger partial charge in [-0.25, -0.2) is 8.78 Å². The van der Waals surface area contributed by atoms with E-state index < -0.39 is 11.6 Å². The Morgan fingerprint density at radius 2 is 2.11 bits per heavy atom. The first-order valence-corrected chi connectivity index (χ1v) is 6.09. The van der Waals surface area contributed by atoms with Gasteiger partial charge in [0.2, 0.25) is 5.91 Å². The van der Waals surface area contributed by atoms with E-state index in [1.165, 1.54) is 12.1 Å². The molecular formula is C13H16F2N2O. The summed E-state index contributed by atoms with van der Waals surface area (Å²) in [5.41, 5.74) is 0.402. The molecule has 0 unspecified atom stereocenters. The number of benzene rings is 1. The van der Waals surface area contributed by atoms with Crippen LogP contribution in [-0.4, -0.2) is 18.5 Å². The number of nitrogens with one attached hydrogen (secondary N) is 2. The Balaban J connectivity index is 1.66.